The van der Waals surface area contributed by atoms with E-state index in [0.717, 1.165) is 11.1 Å². The molecule has 0 aliphatic heterocycles. The zero-order valence-electron chi connectivity index (χ0n) is 13.8. The summed E-state index contributed by atoms with van der Waals surface area (Å²) in [6, 6.07) is 10.6. The summed E-state index contributed by atoms with van der Waals surface area (Å²) in [6.07, 6.45) is 1.53. The first-order valence-electron chi connectivity index (χ1n) is 7.45. The van der Waals surface area contributed by atoms with Crippen LogP contribution in [0.1, 0.15) is 28.4 Å². The minimum absolute atomic E-state index is 0.366. The summed E-state index contributed by atoms with van der Waals surface area (Å²) in [5.74, 6) is 0.899. The number of methoxy groups -OCH3 is 1. The minimum atomic E-state index is -0.366. The number of benzene rings is 2. The van der Waals surface area contributed by atoms with Crippen molar-refractivity contribution in [2.24, 2.45) is 5.10 Å². The Morgan fingerprint density at radius 1 is 1.25 bits per heavy atom. The van der Waals surface area contributed by atoms with Gasteiger partial charge in [-0.2, -0.15) is 5.10 Å². The molecule has 0 aromatic heterocycles. The number of halogens is 1. The van der Waals surface area contributed by atoms with Crippen molar-refractivity contribution in [1.82, 2.24) is 5.43 Å². The van der Waals surface area contributed by atoms with E-state index in [0.29, 0.717) is 28.7 Å². The van der Waals surface area contributed by atoms with Crippen LogP contribution in [-0.2, 0) is 0 Å². The summed E-state index contributed by atoms with van der Waals surface area (Å²) in [5.41, 5.74) is 4.60. The molecule has 0 atom stereocenters. The largest absolute Gasteiger partial charge is 0.493 e. The quantitative estimate of drug-likeness (QED) is 0.639. The van der Waals surface area contributed by atoms with Crippen LogP contribution in [-0.4, -0.2) is 25.8 Å². The number of hydrogen-bond acceptors (Lipinski definition) is 4. The van der Waals surface area contributed by atoms with Crippen molar-refractivity contribution in [2.45, 2.75) is 13.8 Å². The Labute approximate surface area is 146 Å². The lowest BCUT2D eigenvalue weighted by atomic mass is 10.1. The molecule has 0 fully saturated rings. The SMILES string of the molecule is CCOc1cc(C=NNC(=O)c2ccc(C)cc2Cl)ccc1OC. The molecular formula is C18H19ClN2O3. The van der Waals surface area contributed by atoms with Crippen LogP contribution in [0, 0.1) is 6.92 Å². The fraction of sp³-hybridized carbons (Fsp3) is 0.222. The van der Waals surface area contributed by atoms with Gasteiger partial charge in [-0.1, -0.05) is 17.7 Å². The van der Waals surface area contributed by atoms with Crippen LogP contribution in [0.3, 0.4) is 0 Å². The van der Waals surface area contributed by atoms with Gasteiger partial charge in [0, 0.05) is 0 Å². The molecule has 0 spiro atoms. The van der Waals surface area contributed by atoms with Gasteiger partial charge in [-0.15, -0.1) is 0 Å². The van der Waals surface area contributed by atoms with E-state index in [2.05, 4.69) is 10.5 Å². The van der Waals surface area contributed by atoms with Gasteiger partial charge in [-0.05, 0) is 55.3 Å². The van der Waals surface area contributed by atoms with E-state index in [1.807, 2.05) is 26.0 Å². The van der Waals surface area contributed by atoms with Crippen molar-refractivity contribution < 1.29 is 14.3 Å². The molecule has 0 unspecified atom stereocenters. The third-order valence-electron chi connectivity index (χ3n) is 3.24. The minimum Gasteiger partial charge on any atom is -0.493 e. The summed E-state index contributed by atoms with van der Waals surface area (Å²) < 4.78 is 10.7. The Morgan fingerprint density at radius 2 is 2.04 bits per heavy atom. The summed E-state index contributed by atoms with van der Waals surface area (Å²) in [5, 5.41) is 4.35. The second-order valence-electron chi connectivity index (χ2n) is 5.03. The fourth-order valence-corrected chi connectivity index (χ4v) is 2.39. The Hall–Kier alpha value is -2.53. The lowest BCUT2D eigenvalue weighted by molar-refractivity contribution is 0.0955. The van der Waals surface area contributed by atoms with E-state index in [1.54, 1.807) is 31.4 Å². The number of amides is 1. The first kappa shape index (κ1) is 17.8. The molecule has 0 radical (unpaired) electrons. The highest BCUT2D eigenvalue weighted by Gasteiger charge is 2.09. The molecule has 6 heteroatoms. The van der Waals surface area contributed by atoms with E-state index in [1.165, 1.54) is 6.21 Å². The van der Waals surface area contributed by atoms with E-state index in [-0.39, 0.29) is 5.91 Å². The van der Waals surface area contributed by atoms with Crippen molar-refractivity contribution in [1.29, 1.82) is 0 Å². The van der Waals surface area contributed by atoms with Crippen molar-refractivity contribution in [3.8, 4) is 11.5 Å². The number of carbonyl (C=O) groups excluding carboxylic acids is 1. The molecule has 0 saturated carbocycles. The highest BCUT2D eigenvalue weighted by Crippen LogP contribution is 2.27. The van der Waals surface area contributed by atoms with Gasteiger partial charge in [0.1, 0.15) is 0 Å². The molecule has 1 N–H and O–H groups in total. The van der Waals surface area contributed by atoms with Gasteiger partial charge in [-0.25, -0.2) is 5.43 Å². The van der Waals surface area contributed by atoms with E-state index < -0.39 is 0 Å². The maximum atomic E-state index is 12.1. The molecule has 1 amide bonds. The number of hydrogen-bond donors (Lipinski definition) is 1. The van der Waals surface area contributed by atoms with Gasteiger partial charge < -0.3 is 9.47 Å². The van der Waals surface area contributed by atoms with Crippen LogP contribution in [0.15, 0.2) is 41.5 Å². The number of carbonyl (C=O) groups is 1. The van der Waals surface area contributed by atoms with Crippen molar-refractivity contribution in [3.63, 3.8) is 0 Å². The van der Waals surface area contributed by atoms with E-state index in [4.69, 9.17) is 21.1 Å². The maximum absolute atomic E-state index is 12.1. The van der Waals surface area contributed by atoms with E-state index >= 15 is 0 Å². The highest BCUT2D eigenvalue weighted by molar-refractivity contribution is 6.33. The Kier molecular flexibility index (Phi) is 6.21. The maximum Gasteiger partial charge on any atom is 0.272 e. The van der Waals surface area contributed by atoms with Crippen LogP contribution in [0.25, 0.3) is 0 Å². The number of nitrogens with one attached hydrogen (secondary N) is 1. The molecule has 0 heterocycles. The topological polar surface area (TPSA) is 59.9 Å². The molecular weight excluding hydrogens is 328 g/mol. The van der Waals surface area contributed by atoms with Crippen LogP contribution in [0.2, 0.25) is 5.02 Å². The van der Waals surface area contributed by atoms with Gasteiger partial charge in [-0.3, -0.25) is 4.79 Å². The van der Waals surface area contributed by atoms with Crippen LogP contribution >= 0.6 is 11.6 Å². The molecule has 5 nitrogen and oxygen atoms in total. The number of hydrazone groups is 1. The van der Waals surface area contributed by atoms with Gasteiger partial charge in [0.25, 0.3) is 5.91 Å². The monoisotopic (exact) mass is 346 g/mol. The first-order valence-corrected chi connectivity index (χ1v) is 7.83. The third kappa shape index (κ3) is 4.49. The molecule has 0 bridgehead atoms. The van der Waals surface area contributed by atoms with Crippen LogP contribution in [0.4, 0.5) is 0 Å². The Morgan fingerprint density at radius 3 is 2.71 bits per heavy atom. The highest BCUT2D eigenvalue weighted by atomic mass is 35.5. The van der Waals surface area contributed by atoms with Gasteiger partial charge in [0.15, 0.2) is 11.5 Å². The zero-order valence-corrected chi connectivity index (χ0v) is 14.6. The molecule has 0 aliphatic carbocycles. The number of aryl methyl sites for hydroxylation is 1. The van der Waals surface area contributed by atoms with Gasteiger partial charge in [0.05, 0.1) is 30.5 Å². The molecule has 2 aromatic carbocycles. The van der Waals surface area contributed by atoms with Gasteiger partial charge >= 0.3 is 0 Å². The van der Waals surface area contributed by atoms with Crippen LogP contribution < -0.4 is 14.9 Å². The molecule has 2 aromatic rings. The zero-order chi connectivity index (χ0) is 17.5. The summed E-state index contributed by atoms with van der Waals surface area (Å²) in [7, 11) is 1.58. The number of ether oxygens (including phenoxy) is 2. The molecule has 126 valence electrons. The molecule has 2 rings (SSSR count). The smallest absolute Gasteiger partial charge is 0.272 e. The predicted octanol–water partition coefficient (Wildman–Crippen LogP) is 3.82. The summed E-state index contributed by atoms with van der Waals surface area (Å²) in [4.78, 5) is 12.1. The molecule has 0 aliphatic rings. The number of rotatable bonds is 6. The third-order valence-corrected chi connectivity index (χ3v) is 3.55. The second-order valence-corrected chi connectivity index (χ2v) is 5.43. The average Bonchev–Trinajstić information content (AvgIpc) is 2.55. The first-order chi connectivity index (χ1) is 11.5. The van der Waals surface area contributed by atoms with Crippen molar-refractivity contribution >= 4 is 23.7 Å². The van der Waals surface area contributed by atoms with Crippen molar-refractivity contribution in [3.05, 3.63) is 58.1 Å². The number of nitrogens with zero attached hydrogens (tertiary/aromatic N) is 1. The van der Waals surface area contributed by atoms with E-state index in [9.17, 15) is 4.79 Å². The standard InChI is InChI=1S/C18H19ClN2O3/c1-4-24-17-10-13(6-8-16(17)23-3)11-20-21-18(22)14-7-5-12(2)9-15(14)19/h5-11H,4H2,1-3H3,(H,21,22). The van der Waals surface area contributed by atoms with Crippen LogP contribution in [0.5, 0.6) is 11.5 Å². The second kappa shape index (κ2) is 8.36. The Balaban J connectivity index is 2.08. The molecule has 0 saturated heterocycles. The summed E-state index contributed by atoms with van der Waals surface area (Å²) >= 11 is 6.07. The lowest BCUT2D eigenvalue weighted by Crippen LogP contribution is -2.18. The lowest BCUT2D eigenvalue weighted by Gasteiger charge is -2.09. The van der Waals surface area contributed by atoms with Gasteiger partial charge in [0.2, 0.25) is 0 Å². The molecule has 24 heavy (non-hydrogen) atoms. The normalized spacial score (nSPS) is 10.7. The summed E-state index contributed by atoms with van der Waals surface area (Å²) in [6.45, 7) is 4.33. The fourth-order valence-electron chi connectivity index (χ4n) is 2.07. The average molecular weight is 347 g/mol. The van der Waals surface area contributed by atoms with Crippen molar-refractivity contribution in [2.75, 3.05) is 13.7 Å². The Bertz CT molecular complexity index is 760. The predicted molar refractivity (Wildman–Crippen MR) is 95.4 cm³/mol.